The second-order valence-corrected chi connectivity index (χ2v) is 7.26. The zero-order valence-electron chi connectivity index (χ0n) is 12.1. The monoisotopic (exact) mass is 348 g/mol. The van der Waals surface area contributed by atoms with E-state index in [1.807, 2.05) is 0 Å². The molecule has 0 spiro atoms. The van der Waals surface area contributed by atoms with Crippen LogP contribution in [0.5, 0.6) is 0 Å². The number of aliphatic carboxylic acids is 1. The van der Waals surface area contributed by atoms with Gasteiger partial charge in [0.2, 0.25) is 0 Å². The third kappa shape index (κ3) is 2.93. The molecule has 0 saturated carbocycles. The summed E-state index contributed by atoms with van der Waals surface area (Å²) in [6, 6.07) is 4.91. The first-order valence-electron chi connectivity index (χ1n) is 6.30. The number of hydrogen-bond donors (Lipinski definition) is 0. The number of halogens is 1. The van der Waals surface area contributed by atoms with Crippen molar-refractivity contribution in [3.8, 4) is 0 Å². The van der Waals surface area contributed by atoms with Gasteiger partial charge in [-0.25, -0.2) is 12.8 Å². The number of rotatable bonds is 2. The Hall–Kier alpha value is -1.29. The van der Waals surface area contributed by atoms with E-state index in [4.69, 9.17) is 0 Å². The quantitative estimate of drug-likeness (QED) is 0.303. The van der Waals surface area contributed by atoms with Gasteiger partial charge in [-0.1, -0.05) is 6.07 Å². The number of β-lactam (4-membered cyclic amide) rings is 1. The fourth-order valence-electron chi connectivity index (χ4n) is 2.61. The molecule has 0 aromatic carbocycles. The summed E-state index contributed by atoms with van der Waals surface area (Å²) in [6.07, 6.45) is 2.79. The maximum atomic E-state index is 14.1. The van der Waals surface area contributed by atoms with Gasteiger partial charge < -0.3 is 14.8 Å². The number of amides is 1. The Morgan fingerprint density at radius 2 is 2.17 bits per heavy atom. The Labute approximate surface area is 153 Å². The summed E-state index contributed by atoms with van der Waals surface area (Å²) in [5.41, 5.74) is -2.74. The van der Waals surface area contributed by atoms with Crippen LogP contribution in [0.2, 0.25) is 0 Å². The first kappa shape index (κ1) is 18.1. The van der Waals surface area contributed by atoms with Gasteiger partial charge in [0.15, 0.2) is 20.9 Å². The predicted molar refractivity (Wildman–Crippen MR) is 70.3 cm³/mol. The molecule has 10 heteroatoms. The van der Waals surface area contributed by atoms with Crippen molar-refractivity contribution in [2.45, 2.75) is 11.0 Å². The summed E-state index contributed by atoms with van der Waals surface area (Å²) in [6.45, 7) is -0.836. The van der Waals surface area contributed by atoms with Crippen LogP contribution in [0, 0.1) is 0 Å². The SMILES string of the molecule is O=C1C(=Cc2ccccn2)[C@@H]2N1CC(F)(C(=O)[O-])CS2(=O)=O.[Na+]. The normalized spacial score (nSPS) is 30.1. The van der Waals surface area contributed by atoms with Crippen molar-refractivity contribution in [2.24, 2.45) is 0 Å². The Bertz CT molecular complexity index is 798. The fraction of sp³-hybridized carbons (Fsp3) is 0.308. The maximum absolute atomic E-state index is 14.1. The Balaban J connectivity index is 0.00000192. The van der Waals surface area contributed by atoms with Crippen molar-refractivity contribution >= 4 is 27.8 Å². The largest absolute Gasteiger partial charge is 1.00 e. The van der Waals surface area contributed by atoms with Crippen LogP contribution < -0.4 is 34.7 Å². The molecule has 23 heavy (non-hydrogen) atoms. The van der Waals surface area contributed by atoms with E-state index in [-0.39, 0.29) is 35.1 Å². The van der Waals surface area contributed by atoms with Gasteiger partial charge >= 0.3 is 29.6 Å². The first-order valence-corrected chi connectivity index (χ1v) is 8.02. The van der Waals surface area contributed by atoms with E-state index in [9.17, 15) is 27.5 Å². The molecule has 2 atom stereocenters. The van der Waals surface area contributed by atoms with Gasteiger partial charge in [0.05, 0.1) is 29.5 Å². The second-order valence-electron chi connectivity index (χ2n) is 5.20. The Kier molecular flexibility index (Phi) is 4.69. The molecule has 0 N–H and O–H groups in total. The molecule has 1 unspecified atom stereocenters. The van der Waals surface area contributed by atoms with E-state index in [0.717, 1.165) is 0 Å². The summed E-state index contributed by atoms with van der Waals surface area (Å²) in [5.74, 6) is -4.07. The van der Waals surface area contributed by atoms with Gasteiger partial charge in [0, 0.05) is 6.20 Å². The van der Waals surface area contributed by atoms with Crippen molar-refractivity contribution in [3.05, 3.63) is 35.7 Å². The van der Waals surface area contributed by atoms with Crippen LogP contribution >= 0.6 is 0 Å². The van der Waals surface area contributed by atoms with Crippen LogP contribution in [0.25, 0.3) is 6.08 Å². The zero-order valence-corrected chi connectivity index (χ0v) is 14.9. The predicted octanol–water partition coefficient (Wildman–Crippen LogP) is -4.48. The molecule has 1 aromatic rings. The van der Waals surface area contributed by atoms with E-state index >= 15 is 0 Å². The average molecular weight is 348 g/mol. The van der Waals surface area contributed by atoms with Gasteiger partial charge in [-0.05, 0) is 18.2 Å². The van der Waals surface area contributed by atoms with Gasteiger partial charge in [-0.2, -0.15) is 0 Å². The first-order chi connectivity index (χ1) is 10.2. The summed E-state index contributed by atoms with van der Waals surface area (Å²) in [4.78, 5) is 27.4. The zero-order chi connectivity index (χ0) is 16.1. The van der Waals surface area contributed by atoms with Crippen LogP contribution in [0.3, 0.4) is 0 Å². The minimum atomic E-state index is -4.17. The van der Waals surface area contributed by atoms with Gasteiger partial charge in [-0.15, -0.1) is 0 Å². The number of carboxylic acid groups (broad SMARTS) is 1. The summed E-state index contributed by atoms with van der Waals surface area (Å²) in [7, 11) is -4.17. The van der Waals surface area contributed by atoms with Crippen LogP contribution in [0.4, 0.5) is 4.39 Å². The molecule has 1 aromatic heterocycles. The van der Waals surface area contributed by atoms with Crippen molar-refractivity contribution < 1.29 is 57.1 Å². The van der Waals surface area contributed by atoms with E-state index in [1.165, 1.54) is 12.3 Å². The number of carbonyl (C=O) groups is 2. The van der Waals surface area contributed by atoms with E-state index in [0.29, 0.717) is 10.6 Å². The van der Waals surface area contributed by atoms with Crippen molar-refractivity contribution in [1.29, 1.82) is 0 Å². The third-order valence-electron chi connectivity index (χ3n) is 3.61. The van der Waals surface area contributed by atoms with E-state index in [2.05, 4.69) is 4.98 Å². The maximum Gasteiger partial charge on any atom is 1.00 e. The second kappa shape index (κ2) is 5.97. The molecule has 2 fully saturated rings. The molecule has 1 amide bonds. The Morgan fingerprint density at radius 3 is 2.74 bits per heavy atom. The molecule has 2 aliphatic rings. The molecule has 3 rings (SSSR count). The molecule has 3 heterocycles. The topological polar surface area (TPSA) is 107 Å². The number of sulfone groups is 1. The third-order valence-corrected chi connectivity index (χ3v) is 5.65. The molecule has 0 aliphatic carbocycles. The number of carbonyl (C=O) groups excluding carboxylic acids is 2. The van der Waals surface area contributed by atoms with Crippen LogP contribution in [0.1, 0.15) is 5.69 Å². The number of nitrogens with zero attached hydrogens (tertiary/aromatic N) is 2. The minimum absolute atomic E-state index is 0. The van der Waals surface area contributed by atoms with Crippen molar-refractivity contribution in [3.63, 3.8) is 0 Å². The number of hydrogen-bond acceptors (Lipinski definition) is 6. The fourth-order valence-corrected chi connectivity index (χ4v) is 4.73. The molecule has 116 valence electrons. The van der Waals surface area contributed by atoms with Gasteiger partial charge in [0.1, 0.15) is 0 Å². The molecular formula is C13H10FN2NaO5S. The number of pyridine rings is 1. The number of fused-ring (bicyclic) bond motifs is 1. The number of carboxylic acids is 1. The number of aromatic nitrogens is 1. The van der Waals surface area contributed by atoms with E-state index < -0.39 is 45.1 Å². The van der Waals surface area contributed by atoms with Crippen LogP contribution in [0.15, 0.2) is 30.0 Å². The van der Waals surface area contributed by atoms with E-state index in [1.54, 1.807) is 18.2 Å². The average Bonchev–Trinajstić information content (AvgIpc) is 2.45. The standard InChI is InChI=1S/C13H11FN2O5S.Na/c14-13(12(18)19)6-16-10(17)9(11(16)22(20,21)7-13)5-8-3-1-2-4-15-8;/h1-5,11H,6-7H2,(H,18,19);/q;+1/p-1/t11-,13?;/m1./s1. The number of alkyl halides is 1. The van der Waals surface area contributed by atoms with Crippen LogP contribution in [-0.4, -0.2) is 53.5 Å². The molecule has 0 bridgehead atoms. The smallest absolute Gasteiger partial charge is 0.547 e. The van der Waals surface area contributed by atoms with Gasteiger partial charge in [0.25, 0.3) is 5.91 Å². The van der Waals surface area contributed by atoms with Crippen molar-refractivity contribution in [2.75, 3.05) is 12.3 Å². The summed E-state index contributed by atoms with van der Waals surface area (Å²) >= 11 is 0. The minimum Gasteiger partial charge on any atom is -0.547 e. The van der Waals surface area contributed by atoms with Crippen molar-refractivity contribution in [1.82, 2.24) is 9.88 Å². The summed E-state index contributed by atoms with van der Waals surface area (Å²) in [5, 5.41) is 9.48. The molecule has 2 saturated heterocycles. The molecule has 0 radical (unpaired) electrons. The summed E-state index contributed by atoms with van der Waals surface area (Å²) < 4.78 is 38.4. The van der Waals surface area contributed by atoms with Crippen LogP contribution in [-0.2, 0) is 19.4 Å². The van der Waals surface area contributed by atoms with Gasteiger partial charge in [-0.3, -0.25) is 9.78 Å². The molecular weight excluding hydrogens is 338 g/mol. The molecule has 7 nitrogen and oxygen atoms in total. The molecule has 2 aliphatic heterocycles. The Morgan fingerprint density at radius 1 is 1.48 bits per heavy atom.